The standard InChI is InChI=1S/C11H18FN3/c1-7(2)8(3)11(15-13)9-4-5-14-6-10(9)12/h4-8,11,15H,13H2,1-3H3. The largest absolute Gasteiger partial charge is 0.271 e. The fourth-order valence-electron chi connectivity index (χ4n) is 1.55. The molecule has 1 rings (SSSR count). The van der Waals surface area contributed by atoms with E-state index in [1.165, 1.54) is 6.20 Å². The summed E-state index contributed by atoms with van der Waals surface area (Å²) < 4.78 is 13.5. The summed E-state index contributed by atoms with van der Waals surface area (Å²) in [6.45, 7) is 6.23. The Hall–Kier alpha value is -1.00. The molecule has 0 aliphatic rings. The van der Waals surface area contributed by atoms with Crippen LogP contribution >= 0.6 is 0 Å². The van der Waals surface area contributed by atoms with Crippen LogP contribution in [-0.2, 0) is 0 Å². The Balaban J connectivity index is 2.97. The molecule has 1 aromatic rings. The van der Waals surface area contributed by atoms with Crippen molar-refractivity contribution in [1.29, 1.82) is 0 Å². The molecular formula is C11H18FN3. The Morgan fingerprint density at radius 2 is 2.07 bits per heavy atom. The van der Waals surface area contributed by atoms with E-state index in [-0.39, 0.29) is 17.8 Å². The first-order chi connectivity index (χ1) is 7.07. The second-order valence-corrected chi connectivity index (χ2v) is 4.14. The summed E-state index contributed by atoms with van der Waals surface area (Å²) >= 11 is 0. The predicted molar refractivity (Wildman–Crippen MR) is 58.3 cm³/mol. The van der Waals surface area contributed by atoms with Crippen molar-refractivity contribution in [2.24, 2.45) is 17.7 Å². The van der Waals surface area contributed by atoms with Gasteiger partial charge in [0.2, 0.25) is 0 Å². The van der Waals surface area contributed by atoms with Crippen molar-refractivity contribution in [3.05, 3.63) is 29.8 Å². The second-order valence-electron chi connectivity index (χ2n) is 4.14. The first-order valence-corrected chi connectivity index (χ1v) is 5.13. The molecule has 1 aromatic heterocycles. The van der Waals surface area contributed by atoms with Crippen LogP contribution in [0.5, 0.6) is 0 Å². The first kappa shape index (κ1) is 12.1. The SMILES string of the molecule is CC(C)C(C)C(NN)c1ccncc1F. The van der Waals surface area contributed by atoms with Gasteiger partial charge in [-0.1, -0.05) is 20.8 Å². The number of nitrogens with zero attached hydrogens (tertiary/aromatic N) is 1. The van der Waals surface area contributed by atoms with Crippen molar-refractivity contribution in [1.82, 2.24) is 10.4 Å². The molecule has 0 radical (unpaired) electrons. The lowest BCUT2D eigenvalue weighted by atomic mass is 9.86. The molecule has 0 amide bonds. The molecule has 1 heterocycles. The highest BCUT2D eigenvalue weighted by atomic mass is 19.1. The average molecular weight is 211 g/mol. The van der Waals surface area contributed by atoms with E-state index in [0.29, 0.717) is 11.5 Å². The maximum atomic E-state index is 13.5. The fraction of sp³-hybridized carbons (Fsp3) is 0.545. The second kappa shape index (κ2) is 5.19. The molecule has 2 atom stereocenters. The lowest BCUT2D eigenvalue weighted by Gasteiger charge is -2.26. The molecule has 0 saturated heterocycles. The van der Waals surface area contributed by atoms with E-state index in [4.69, 9.17) is 5.84 Å². The lowest BCUT2D eigenvalue weighted by molar-refractivity contribution is 0.299. The first-order valence-electron chi connectivity index (χ1n) is 5.13. The van der Waals surface area contributed by atoms with Crippen LogP contribution in [-0.4, -0.2) is 4.98 Å². The zero-order chi connectivity index (χ0) is 11.4. The van der Waals surface area contributed by atoms with E-state index in [1.807, 2.05) is 0 Å². The third kappa shape index (κ3) is 2.73. The van der Waals surface area contributed by atoms with E-state index in [0.717, 1.165) is 0 Å². The third-order valence-electron chi connectivity index (χ3n) is 2.90. The molecule has 0 bridgehead atoms. The molecule has 0 fully saturated rings. The number of hydrazine groups is 1. The lowest BCUT2D eigenvalue weighted by Crippen LogP contribution is -2.35. The molecular weight excluding hydrogens is 193 g/mol. The molecule has 0 aromatic carbocycles. The van der Waals surface area contributed by atoms with Gasteiger partial charge in [0.15, 0.2) is 0 Å². The number of rotatable bonds is 4. The minimum Gasteiger partial charge on any atom is -0.271 e. The molecule has 0 saturated carbocycles. The number of hydrogen-bond acceptors (Lipinski definition) is 3. The molecule has 0 aliphatic carbocycles. The van der Waals surface area contributed by atoms with Crippen molar-refractivity contribution < 1.29 is 4.39 Å². The quantitative estimate of drug-likeness (QED) is 0.591. The van der Waals surface area contributed by atoms with Gasteiger partial charge in [-0.25, -0.2) is 4.39 Å². The van der Waals surface area contributed by atoms with Gasteiger partial charge in [-0.05, 0) is 17.9 Å². The van der Waals surface area contributed by atoms with Crippen molar-refractivity contribution in [2.45, 2.75) is 26.8 Å². The number of halogens is 1. The number of nitrogens with one attached hydrogen (secondary N) is 1. The Morgan fingerprint density at radius 3 is 2.53 bits per heavy atom. The maximum absolute atomic E-state index is 13.5. The van der Waals surface area contributed by atoms with Crippen LogP contribution in [0.2, 0.25) is 0 Å². The number of aromatic nitrogens is 1. The summed E-state index contributed by atoms with van der Waals surface area (Å²) in [6, 6.07) is 1.49. The molecule has 3 nitrogen and oxygen atoms in total. The van der Waals surface area contributed by atoms with E-state index in [1.54, 1.807) is 12.3 Å². The Labute approximate surface area is 89.9 Å². The smallest absolute Gasteiger partial charge is 0.146 e. The van der Waals surface area contributed by atoms with Gasteiger partial charge in [0, 0.05) is 11.8 Å². The van der Waals surface area contributed by atoms with Crippen molar-refractivity contribution in [3.8, 4) is 0 Å². The van der Waals surface area contributed by atoms with Crippen LogP contribution in [0.4, 0.5) is 4.39 Å². The van der Waals surface area contributed by atoms with Crippen LogP contribution in [0.3, 0.4) is 0 Å². The van der Waals surface area contributed by atoms with E-state index in [2.05, 4.69) is 31.2 Å². The minimum absolute atomic E-state index is 0.173. The average Bonchev–Trinajstić information content (AvgIpc) is 2.21. The summed E-state index contributed by atoms with van der Waals surface area (Å²) in [5.74, 6) is 5.85. The molecule has 84 valence electrons. The number of nitrogens with two attached hydrogens (primary N) is 1. The Kier molecular flexibility index (Phi) is 4.17. The summed E-state index contributed by atoms with van der Waals surface area (Å²) in [5.41, 5.74) is 3.25. The normalized spacial score (nSPS) is 15.3. The fourth-order valence-corrected chi connectivity index (χ4v) is 1.55. The zero-order valence-electron chi connectivity index (χ0n) is 9.37. The number of hydrogen-bond donors (Lipinski definition) is 2. The van der Waals surface area contributed by atoms with Crippen molar-refractivity contribution in [2.75, 3.05) is 0 Å². The summed E-state index contributed by atoms with van der Waals surface area (Å²) in [5, 5.41) is 0. The topological polar surface area (TPSA) is 50.9 Å². The van der Waals surface area contributed by atoms with Crippen LogP contribution in [0.25, 0.3) is 0 Å². The van der Waals surface area contributed by atoms with Gasteiger partial charge in [0.25, 0.3) is 0 Å². The molecule has 0 spiro atoms. The molecule has 15 heavy (non-hydrogen) atoms. The van der Waals surface area contributed by atoms with Crippen LogP contribution in [0, 0.1) is 17.7 Å². The van der Waals surface area contributed by atoms with Gasteiger partial charge in [-0.15, -0.1) is 0 Å². The van der Waals surface area contributed by atoms with Crippen LogP contribution in [0.15, 0.2) is 18.5 Å². The van der Waals surface area contributed by atoms with Gasteiger partial charge in [-0.3, -0.25) is 16.3 Å². The van der Waals surface area contributed by atoms with Gasteiger partial charge in [0.1, 0.15) is 5.82 Å². The number of pyridine rings is 1. The van der Waals surface area contributed by atoms with Gasteiger partial charge >= 0.3 is 0 Å². The molecule has 4 heteroatoms. The molecule has 2 unspecified atom stereocenters. The van der Waals surface area contributed by atoms with E-state index >= 15 is 0 Å². The van der Waals surface area contributed by atoms with Gasteiger partial charge in [-0.2, -0.15) is 0 Å². The maximum Gasteiger partial charge on any atom is 0.146 e. The van der Waals surface area contributed by atoms with E-state index in [9.17, 15) is 4.39 Å². The molecule has 0 aliphatic heterocycles. The van der Waals surface area contributed by atoms with E-state index < -0.39 is 0 Å². The highest BCUT2D eigenvalue weighted by molar-refractivity contribution is 5.18. The monoisotopic (exact) mass is 211 g/mol. The third-order valence-corrected chi connectivity index (χ3v) is 2.90. The van der Waals surface area contributed by atoms with Gasteiger partial charge in [0.05, 0.1) is 12.2 Å². The summed E-state index contributed by atoms with van der Waals surface area (Å²) in [7, 11) is 0. The highest BCUT2D eigenvalue weighted by Gasteiger charge is 2.23. The Bertz CT molecular complexity index is 314. The van der Waals surface area contributed by atoms with Crippen molar-refractivity contribution in [3.63, 3.8) is 0 Å². The highest BCUT2D eigenvalue weighted by Crippen LogP contribution is 2.28. The summed E-state index contributed by atoms with van der Waals surface area (Å²) in [6.07, 6.45) is 2.79. The molecule has 3 N–H and O–H groups in total. The van der Waals surface area contributed by atoms with Gasteiger partial charge < -0.3 is 0 Å². The zero-order valence-corrected chi connectivity index (χ0v) is 9.37. The van der Waals surface area contributed by atoms with Crippen LogP contribution in [0.1, 0.15) is 32.4 Å². The van der Waals surface area contributed by atoms with Crippen LogP contribution < -0.4 is 11.3 Å². The minimum atomic E-state index is -0.312. The summed E-state index contributed by atoms with van der Waals surface area (Å²) in [4.78, 5) is 3.72. The van der Waals surface area contributed by atoms with Crippen molar-refractivity contribution >= 4 is 0 Å². The Morgan fingerprint density at radius 1 is 1.40 bits per heavy atom. The predicted octanol–water partition coefficient (Wildman–Crippen LogP) is 2.02.